The zero-order valence-corrected chi connectivity index (χ0v) is 13.9. The van der Waals surface area contributed by atoms with Crippen LogP contribution in [0.3, 0.4) is 0 Å². The van der Waals surface area contributed by atoms with Crippen LogP contribution in [0.25, 0.3) is 10.2 Å². The molecule has 0 unspecified atom stereocenters. The average molecular weight is 368 g/mol. The van der Waals surface area contributed by atoms with Gasteiger partial charge in [-0.05, 0) is 24.6 Å². The number of amides is 1. The third-order valence-corrected chi connectivity index (χ3v) is 4.56. The topological polar surface area (TPSA) is 59.8 Å². The van der Waals surface area contributed by atoms with Gasteiger partial charge in [0.15, 0.2) is 5.69 Å². The molecule has 5 nitrogen and oxygen atoms in total. The molecule has 1 N–H and O–H groups in total. The number of benzene rings is 1. The Balaban J connectivity index is 1.42. The highest BCUT2D eigenvalue weighted by Crippen LogP contribution is 2.27. The van der Waals surface area contributed by atoms with Crippen LogP contribution in [0.1, 0.15) is 17.1 Å². The van der Waals surface area contributed by atoms with Crippen molar-refractivity contribution in [2.45, 2.75) is 25.6 Å². The van der Waals surface area contributed by atoms with Crippen molar-refractivity contribution < 1.29 is 18.0 Å². The van der Waals surface area contributed by atoms with E-state index < -0.39 is 11.9 Å². The zero-order chi connectivity index (χ0) is 17.9. The summed E-state index contributed by atoms with van der Waals surface area (Å²) in [6, 6.07) is 8.71. The summed E-state index contributed by atoms with van der Waals surface area (Å²) in [4.78, 5) is 16.3. The second-order valence-electron chi connectivity index (χ2n) is 5.43. The van der Waals surface area contributed by atoms with Gasteiger partial charge in [0.05, 0.1) is 15.2 Å². The van der Waals surface area contributed by atoms with Crippen molar-refractivity contribution in [2.75, 3.05) is 6.54 Å². The van der Waals surface area contributed by atoms with E-state index in [-0.39, 0.29) is 12.5 Å². The smallest absolute Gasteiger partial charge is 0.354 e. The molecule has 0 spiro atoms. The molecule has 0 aliphatic heterocycles. The summed E-state index contributed by atoms with van der Waals surface area (Å²) in [5.74, 6) is -0.374. The quantitative estimate of drug-likeness (QED) is 0.680. The lowest BCUT2D eigenvalue weighted by molar-refractivity contribution is -0.141. The fraction of sp³-hybridized carbons (Fsp3) is 0.312. The third-order valence-electron chi connectivity index (χ3n) is 3.46. The van der Waals surface area contributed by atoms with Crippen LogP contribution in [-0.2, 0) is 23.9 Å². The Kier molecular flexibility index (Phi) is 5.03. The van der Waals surface area contributed by atoms with Crippen molar-refractivity contribution in [2.24, 2.45) is 0 Å². The number of alkyl halides is 3. The van der Waals surface area contributed by atoms with E-state index in [4.69, 9.17) is 0 Å². The maximum atomic E-state index is 12.4. The van der Waals surface area contributed by atoms with Crippen molar-refractivity contribution in [1.82, 2.24) is 20.1 Å². The highest BCUT2D eigenvalue weighted by Gasteiger charge is 2.33. The molecule has 0 bridgehead atoms. The molecule has 3 rings (SSSR count). The lowest BCUT2D eigenvalue weighted by Crippen LogP contribution is -2.29. The van der Waals surface area contributed by atoms with Gasteiger partial charge in [0.1, 0.15) is 6.54 Å². The van der Waals surface area contributed by atoms with Crippen LogP contribution in [0.5, 0.6) is 0 Å². The highest BCUT2D eigenvalue weighted by molar-refractivity contribution is 7.18. The van der Waals surface area contributed by atoms with Gasteiger partial charge in [-0.25, -0.2) is 4.98 Å². The average Bonchev–Trinajstić information content (AvgIpc) is 3.17. The van der Waals surface area contributed by atoms with E-state index in [9.17, 15) is 18.0 Å². The van der Waals surface area contributed by atoms with Gasteiger partial charge in [-0.2, -0.15) is 18.3 Å². The Morgan fingerprint density at radius 1 is 1.24 bits per heavy atom. The van der Waals surface area contributed by atoms with Crippen molar-refractivity contribution in [1.29, 1.82) is 0 Å². The summed E-state index contributed by atoms with van der Waals surface area (Å²) in [7, 11) is 0. The molecule has 0 radical (unpaired) electrons. The molecular formula is C16H15F3N4OS. The van der Waals surface area contributed by atoms with Crippen LogP contribution in [0.15, 0.2) is 36.5 Å². The van der Waals surface area contributed by atoms with Crippen LogP contribution in [-0.4, -0.2) is 27.2 Å². The Labute approximate surface area is 145 Å². The van der Waals surface area contributed by atoms with E-state index in [1.54, 1.807) is 11.3 Å². The summed E-state index contributed by atoms with van der Waals surface area (Å²) in [5.41, 5.74) is -0.0400. The molecule has 9 heteroatoms. The van der Waals surface area contributed by atoms with Crippen LogP contribution >= 0.6 is 11.3 Å². The minimum atomic E-state index is -4.50. The van der Waals surface area contributed by atoms with Crippen molar-refractivity contribution >= 4 is 27.5 Å². The number of nitrogens with one attached hydrogen (secondary N) is 1. The molecule has 0 fully saturated rings. The SMILES string of the molecule is O=C(Cn1ccc(C(F)(F)F)n1)NCCCc1nc2ccccc2s1. The van der Waals surface area contributed by atoms with E-state index in [0.717, 1.165) is 38.6 Å². The van der Waals surface area contributed by atoms with E-state index in [2.05, 4.69) is 15.4 Å². The largest absolute Gasteiger partial charge is 0.435 e. The second-order valence-corrected chi connectivity index (χ2v) is 6.54. The monoisotopic (exact) mass is 368 g/mol. The number of aromatic nitrogens is 3. The van der Waals surface area contributed by atoms with E-state index in [0.29, 0.717) is 13.0 Å². The highest BCUT2D eigenvalue weighted by atomic mass is 32.1. The Bertz CT molecular complexity index is 839. The van der Waals surface area contributed by atoms with Gasteiger partial charge in [0, 0.05) is 19.2 Å². The lowest BCUT2D eigenvalue weighted by atomic mass is 10.3. The predicted octanol–water partition coefficient (Wildman–Crippen LogP) is 3.26. The molecule has 25 heavy (non-hydrogen) atoms. The zero-order valence-electron chi connectivity index (χ0n) is 13.1. The summed E-state index contributed by atoms with van der Waals surface area (Å²) in [6.07, 6.45) is -1.92. The molecule has 2 aromatic heterocycles. The van der Waals surface area contributed by atoms with Crippen LogP contribution in [0.4, 0.5) is 13.2 Å². The van der Waals surface area contributed by atoms with Gasteiger partial charge in [-0.3, -0.25) is 9.48 Å². The molecule has 0 atom stereocenters. The molecule has 0 aliphatic rings. The number of hydrogen-bond acceptors (Lipinski definition) is 4. The molecule has 0 saturated carbocycles. The van der Waals surface area contributed by atoms with Crippen LogP contribution < -0.4 is 5.32 Å². The molecule has 3 aromatic rings. The molecule has 1 amide bonds. The molecule has 2 heterocycles. The maximum absolute atomic E-state index is 12.4. The summed E-state index contributed by atoms with van der Waals surface area (Å²) < 4.78 is 39.4. The van der Waals surface area contributed by atoms with Crippen LogP contribution in [0.2, 0.25) is 0 Å². The standard InChI is InChI=1S/C16H15F3N4OS/c17-16(18,19)13-7-9-23(22-13)10-14(24)20-8-3-6-15-21-11-4-1-2-5-12(11)25-15/h1-2,4-5,7,9H,3,6,8,10H2,(H,20,24). The number of fused-ring (bicyclic) bond motifs is 1. The maximum Gasteiger partial charge on any atom is 0.435 e. The lowest BCUT2D eigenvalue weighted by Gasteiger charge is -2.05. The minimum absolute atomic E-state index is 0.239. The van der Waals surface area contributed by atoms with Gasteiger partial charge in [-0.15, -0.1) is 11.3 Å². The first-order valence-corrected chi connectivity index (χ1v) is 8.45. The van der Waals surface area contributed by atoms with Gasteiger partial charge < -0.3 is 5.32 Å². The number of hydrogen-bond donors (Lipinski definition) is 1. The molecular weight excluding hydrogens is 353 g/mol. The van der Waals surface area contributed by atoms with Crippen molar-refractivity contribution in [3.8, 4) is 0 Å². The van der Waals surface area contributed by atoms with Crippen LogP contribution in [0, 0.1) is 0 Å². The summed E-state index contributed by atoms with van der Waals surface area (Å²) in [6.45, 7) is 0.194. The molecule has 132 valence electrons. The van der Waals surface area contributed by atoms with Gasteiger partial charge in [0.25, 0.3) is 0 Å². The van der Waals surface area contributed by atoms with Gasteiger partial charge in [-0.1, -0.05) is 12.1 Å². The van der Waals surface area contributed by atoms with Gasteiger partial charge >= 0.3 is 6.18 Å². The number of nitrogens with zero attached hydrogens (tertiary/aromatic N) is 3. The van der Waals surface area contributed by atoms with Crippen molar-refractivity contribution in [3.63, 3.8) is 0 Å². The fourth-order valence-corrected chi connectivity index (χ4v) is 3.31. The first-order valence-electron chi connectivity index (χ1n) is 7.63. The number of carbonyl (C=O) groups is 1. The fourth-order valence-electron chi connectivity index (χ4n) is 2.30. The first kappa shape index (κ1) is 17.4. The number of halogens is 3. The van der Waals surface area contributed by atoms with E-state index in [1.165, 1.54) is 0 Å². The molecule has 0 saturated heterocycles. The Hall–Kier alpha value is -2.42. The number of rotatable bonds is 6. The van der Waals surface area contributed by atoms with Crippen molar-refractivity contribution in [3.05, 3.63) is 47.2 Å². The number of thiazole rings is 1. The predicted molar refractivity (Wildman–Crippen MR) is 88.2 cm³/mol. The number of aryl methyl sites for hydroxylation is 1. The Morgan fingerprint density at radius 2 is 2.04 bits per heavy atom. The Morgan fingerprint density at radius 3 is 2.76 bits per heavy atom. The minimum Gasteiger partial charge on any atom is -0.354 e. The number of carbonyl (C=O) groups excluding carboxylic acids is 1. The van der Waals surface area contributed by atoms with E-state index in [1.807, 2.05) is 24.3 Å². The van der Waals surface area contributed by atoms with Gasteiger partial charge in [0.2, 0.25) is 5.91 Å². The molecule has 1 aromatic carbocycles. The molecule has 0 aliphatic carbocycles. The van der Waals surface area contributed by atoms with E-state index >= 15 is 0 Å². The number of para-hydroxylation sites is 1. The summed E-state index contributed by atoms with van der Waals surface area (Å²) >= 11 is 1.62. The third kappa shape index (κ3) is 4.56. The second kappa shape index (κ2) is 7.22. The normalized spacial score (nSPS) is 11.8. The summed E-state index contributed by atoms with van der Waals surface area (Å²) in [5, 5.41) is 7.02. The first-order chi connectivity index (χ1) is 11.9.